The number of imidazole rings is 1. The van der Waals surface area contributed by atoms with Crippen LogP contribution in [0.25, 0.3) is 11.0 Å². The fraction of sp³-hybridized carbons (Fsp3) is 0.167. The number of fused-ring (bicyclic) bond motifs is 1. The van der Waals surface area contributed by atoms with Crippen LogP contribution in [-0.4, -0.2) is 33.9 Å². The van der Waals surface area contributed by atoms with Crippen LogP contribution in [-0.2, 0) is 11.3 Å². The Bertz CT molecular complexity index is 947. The van der Waals surface area contributed by atoms with Gasteiger partial charge in [0.25, 0.3) is 5.91 Å². The Morgan fingerprint density at radius 3 is 2.96 bits per heavy atom. The van der Waals surface area contributed by atoms with Crippen molar-refractivity contribution < 1.29 is 14.6 Å². The molecule has 0 bridgehead atoms. The van der Waals surface area contributed by atoms with Gasteiger partial charge in [-0.2, -0.15) is 5.10 Å². The number of hydrazone groups is 1. The SMILES string of the molecule is COc1cc(/C=N\NC(=O)Cn2c(C)nc3ccccc32)ccc1O. The zero-order chi connectivity index (χ0) is 17.8. The molecule has 25 heavy (non-hydrogen) atoms. The van der Waals surface area contributed by atoms with E-state index in [4.69, 9.17) is 4.74 Å². The maximum Gasteiger partial charge on any atom is 0.260 e. The van der Waals surface area contributed by atoms with Crippen LogP contribution >= 0.6 is 0 Å². The van der Waals surface area contributed by atoms with Gasteiger partial charge in [0.2, 0.25) is 0 Å². The van der Waals surface area contributed by atoms with Gasteiger partial charge < -0.3 is 14.4 Å². The molecule has 128 valence electrons. The summed E-state index contributed by atoms with van der Waals surface area (Å²) in [6, 6.07) is 12.5. The summed E-state index contributed by atoms with van der Waals surface area (Å²) >= 11 is 0. The number of aromatic hydroxyl groups is 1. The van der Waals surface area contributed by atoms with E-state index in [0.717, 1.165) is 16.9 Å². The molecule has 0 atom stereocenters. The fourth-order valence-corrected chi connectivity index (χ4v) is 2.53. The smallest absolute Gasteiger partial charge is 0.260 e. The van der Waals surface area contributed by atoms with Crippen LogP contribution in [0, 0.1) is 6.92 Å². The maximum absolute atomic E-state index is 12.1. The standard InChI is InChI=1S/C18H18N4O3/c1-12-20-14-5-3-4-6-15(14)22(12)11-18(24)21-19-10-13-7-8-16(23)17(9-13)25-2/h3-10,23H,11H2,1-2H3,(H,21,24)/b19-10-. The molecule has 0 aliphatic rings. The van der Waals surface area contributed by atoms with E-state index < -0.39 is 0 Å². The van der Waals surface area contributed by atoms with E-state index in [9.17, 15) is 9.90 Å². The van der Waals surface area contributed by atoms with Crippen molar-refractivity contribution in [2.24, 2.45) is 5.10 Å². The van der Waals surface area contributed by atoms with Crippen molar-refractivity contribution in [3.05, 3.63) is 53.9 Å². The molecule has 0 fully saturated rings. The number of phenols is 1. The molecule has 2 aromatic carbocycles. The number of aryl methyl sites for hydroxylation is 1. The van der Waals surface area contributed by atoms with Crippen LogP contribution in [0.3, 0.4) is 0 Å². The average Bonchev–Trinajstić information content (AvgIpc) is 2.92. The topological polar surface area (TPSA) is 88.7 Å². The first-order valence-corrected chi connectivity index (χ1v) is 7.69. The highest BCUT2D eigenvalue weighted by atomic mass is 16.5. The van der Waals surface area contributed by atoms with Crippen LogP contribution in [0.5, 0.6) is 11.5 Å². The Hall–Kier alpha value is -3.35. The van der Waals surface area contributed by atoms with Gasteiger partial charge in [0.05, 0.1) is 24.4 Å². The predicted octanol–water partition coefficient (Wildman–Crippen LogP) is 2.21. The summed E-state index contributed by atoms with van der Waals surface area (Å²) in [7, 11) is 1.47. The minimum Gasteiger partial charge on any atom is -0.504 e. The lowest BCUT2D eigenvalue weighted by atomic mass is 10.2. The molecule has 7 nitrogen and oxygen atoms in total. The van der Waals surface area contributed by atoms with E-state index >= 15 is 0 Å². The molecule has 0 unspecified atom stereocenters. The Morgan fingerprint density at radius 1 is 1.36 bits per heavy atom. The quantitative estimate of drug-likeness (QED) is 0.551. The summed E-state index contributed by atoms with van der Waals surface area (Å²) in [5, 5.41) is 13.5. The van der Waals surface area contributed by atoms with Crippen LogP contribution in [0.15, 0.2) is 47.6 Å². The Morgan fingerprint density at radius 2 is 2.16 bits per heavy atom. The molecule has 1 aromatic heterocycles. The lowest BCUT2D eigenvalue weighted by Gasteiger charge is -2.06. The van der Waals surface area contributed by atoms with Gasteiger partial charge in [-0.1, -0.05) is 12.1 Å². The number of carbonyl (C=O) groups excluding carboxylic acids is 1. The van der Waals surface area contributed by atoms with Crippen LogP contribution in [0.1, 0.15) is 11.4 Å². The highest BCUT2D eigenvalue weighted by Crippen LogP contribution is 2.25. The minimum absolute atomic E-state index is 0.0474. The summed E-state index contributed by atoms with van der Waals surface area (Å²) in [6.45, 7) is 1.99. The van der Waals surface area contributed by atoms with Gasteiger partial charge in [-0.05, 0) is 42.8 Å². The molecular weight excluding hydrogens is 320 g/mol. The van der Waals surface area contributed by atoms with Gasteiger partial charge in [0.1, 0.15) is 12.4 Å². The third-order valence-corrected chi connectivity index (χ3v) is 3.75. The van der Waals surface area contributed by atoms with E-state index in [1.165, 1.54) is 19.4 Å². The van der Waals surface area contributed by atoms with Crippen molar-refractivity contribution in [2.75, 3.05) is 7.11 Å². The van der Waals surface area contributed by atoms with Crippen molar-refractivity contribution in [2.45, 2.75) is 13.5 Å². The van der Waals surface area contributed by atoms with Crippen molar-refractivity contribution >= 4 is 23.2 Å². The monoisotopic (exact) mass is 338 g/mol. The zero-order valence-electron chi connectivity index (χ0n) is 13.9. The van der Waals surface area contributed by atoms with Crippen molar-refractivity contribution in [3.63, 3.8) is 0 Å². The van der Waals surface area contributed by atoms with Crippen molar-refractivity contribution in [1.29, 1.82) is 0 Å². The number of aromatic nitrogens is 2. The third-order valence-electron chi connectivity index (χ3n) is 3.75. The van der Waals surface area contributed by atoms with Gasteiger partial charge in [-0.15, -0.1) is 0 Å². The number of phenolic OH excluding ortho intramolecular Hbond substituents is 1. The minimum atomic E-state index is -0.256. The van der Waals surface area contributed by atoms with E-state index in [0.29, 0.717) is 11.3 Å². The molecule has 0 radical (unpaired) electrons. The summed E-state index contributed by atoms with van der Waals surface area (Å²) in [6.07, 6.45) is 1.48. The molecule has 1 amide bonds. The molecule has 0 aliphatic carbocycles. The molecular formula is C18H18N4O3. The molecule has 3 aromatic rings. The molecule has 0 spiro atoms. The first-order valence-electron chi connectivity index (χ1n) is 7.69. The largest absolute Gasteiger partial charge is 0.504 e. The number of para-hydroxylation sites is 2. The average molecular weight is 338 g/mol. The number of benzene rings is 2. The zero-order valence-corrected chi connectivity index (χ0v) is 13.9. The summed E-state index contributed by atoms with van der Waals surface area (Å²) in [4.78, 5) is 16.6. The lowest BCUT2D eigenvalue weighted by molar-refractivity contribution is -0.121. The van der Waals surface area contributed by atoms with Gasteiger partial charge in [0.15, 0.2) is 11.5 Å². The number of nitrogens with zero attached hydrogens (tertiary/aromatic N) is 3. The van der Waals surface area contributed by atoms with Crippen molar-refractivity contribution in [3.8, 4) is 11.5 Å². The van der Waals surface area contributed by atoms with E-state index in [1.807, 2.05) is 35.8 Å². The number of hydrogen-bond donors (Lipinski definition) is 2. The number of rotatable bonds is 5. The van der Waals surface area contributed by atoms with E-state index in [2.05, 4.69) is 15.5 Å². The Labute approximate surface area is 144 Å². The van der Waals surface area contributed by atoms with Crippen molar-refractivity contribution in [1.82, 2.24) is 15.0 Å². The lowest BCUT2D eigenvalue weighted by Crippen LogP contribution is -2.23. The van der Waals surface area contributed by atoms with E-state index in [-0.39, 0.29) is 18.2 Å². The van der Waals surface area contributed by atoms with E-state index in [1.54, 1.807) is 12.1 Å². The highest BCUT2D eigenvalue weighted by molar-refractivity contribution is 5.84. The molecule has 3 rings (SSSR count). The second-order valence-electron chi connectivity index (χ2n) is 5.46. The summed E-state index contributed by atoms with van der Waals surface area (Å²) in [5.74, 6) is 0.902. The summed E-state index contributed by atoms with van der Waals surface area (Å²) < 4.78 is 6.87. The third kappa shape index (κ3) is 3.60. The molecule has 2 N–H and O–H groups in total. The first kappa shape index (κ1) is 16.5. The van der Waals surface area contributed by atoms with Crippen LogP contribution < -0.4 is 10.2 Å². The molecule has 0 saturated carbocycles. The maximum atomic E-state index is 12.1. The molecule has 7 heteroatoms. The van der Waals surface area contributed by atoms with Gasteiger partial charge in [-0.25, -0.2) is 10.4 Å². The second-order valence-corrected chi connectivity index (χ2v) is 5.46. The number of ether oxygens (including phenoxy) is 1. The summed E-state index contributed by atoms with van der Waals surface area (Å²) in [5.41, 5.74) is 4.94. The second kappa shape index (κ2) is 7.04. The number of amides is 1. The predicted molar refractivity (Wildman–Crippen MR) is 94.9 cm³/mol. The van der Waals surface area contributed by atoms with Gasteiger partial charge in [0, 0.05) is 0 Å². The Kier molecular flexibility index (Phi) is 4.65. The van der Waals surface area contributed by atoms with Gasteiger partial charge in [-0.3, -0.25) is 4.79 Å². The van der Waals surface area contributed by atoms with Crippen LogP contribution in [0.2, 0.25) is 0 Å². The molecule has 0 saturated heterocycles. The number of methoxy groups -OCH3 is 1. The first-order chi connectivity index (χ1) is 12.1. The Balaban J connectivity index is 1.67. The number of nitrogens with one attached hydrogen (secondary N) is 1. The fourth-order valence-electron chi connectivity index (χ4n) is 2.53. The molecule has 0 aliphatic heterocycles. The number of carbonyl (C=O) groups is 1. The van der Waals surface area contributed by atoms with Crippen LogP contribution in [0.4, 0.5) is 0 Å². The highest BCUT2D eigenvalue weighted by Gasteiger charge is 2.10. The molecule has 1 heterocycles. The number of hydrogen-bond acceptors (Lipinski definition) is 5. The van der Waals surface area contributed by atoms with Gasteiger partial charge >= 0.3 is 0 Å². The normalized spacial score (nSPS) is 11.1.